The van der Waals surface area contributed by atoms with Crippen molar-refractivity contribution in [2.24, 2.45) is 0 Å². The first-order valence-electron chi connectivity index (χ1n) is 11.4. The highest BCUT2D eigenvalue weighted by Gasteiger charge is 2.28. The lowest BCUT2D eigenvalue weighted by atomic mass is 9.98. The number of rotatable bonds is 6. The third-order valence-corrected chi connectivity index (χ3v) is 6.84. The van der Waals surface area contributed by atoms with Crippen molar-refractivity contribution in [2.75, 3.05) is 0 Å². The van der Waals surface area contributed by atoms with E-state index in [9.17, 15) is 0 Å². The fourth-order valence-corrected chi connectivity index (χ4v) is 4.84. The van der Waals surface area contributed by atoms with Gasteiger partial charge in [-0.1, -0.05) is 68.4 Å². The van der Waals surface area contributed by atoms with Gasteiger partial charge in [-0.15, -0.1) is 0 Å². The standard InChI is InChI=1S/C28H30O2/c1-3-19(2)22-14-17-27(29-25-15-12-20-8-4-6-10-23(20)25)28(18-22)30-26-16-13-21-9-5-7-11-24(21)26/h4-11,14,17-19,25-26H,3,12-13,15-16H2,1-2H3. The molecular weight excluding hydrogens is 368 g/mol. The minimum absolute atomic E-state index is 0.103. The van der Waals surface area contributed by atoms with Gasteiger partial charge >= 0.3 is 0 Å². The van der Waals surface area contributed by atoms with Crippen LogP contribution in [0.25, 0.3) is 0 Å². The zero-order chi connectivity index (χ0) is 20.5. The second kappa shape index (κ2) is 8.18. The molecule has 0 radical (unpaired) electrons. The molecule has 0 spiro atoms. The summed E-state index contributed by atoms with van der Waals surface area (Å²) in [5.41, 5.74) is 6.78. The summed E-state index contributed by atoms with van der Waals surface area (Å²) in [5, 5.41) is 0. The van der Waals surface area contributed by atoms with Crippen molar-refractivity contribution in [3.05, 3.63) is 94.5 Å². The van der Waals surface area contributed by atoms with Crippen molar-refractivity contribution in [1.29, 1.82) is 0 Å². The molecule has 3 unspecified atom stereocenters. The second-order valence-corrected chi connectivity index (χ2v) is 8.70. The Balaban J connectivity index is 1.45. The molecule has 0 saturated carbocycles. The minimum Gasteiger partial charge on any atom is -0.482 e. The molecule has 2 nitrogen and oxygen atoms in total. The lowest BCUT2D eigenvalue weighted by Gasteiger charge is -2.22. The molecule has 0 heterocycles. The van der Waals surface area contributed by atoms with Gasteiger partial charge in [0.25, 0.3) is 0 Å². The third-order valence-electron chi connectivity index (χ3n) is 6.84. The maximum atomic E-state index is 6.64. The molecule has 2 aliphatic rings. The van der Waals surface area contributed by atoms with Crippen LogP contribution >= 0.6 is 0 Å². The van der Waals surface area contributed by atoms with Gasteiger partial charge in [0, 0.05) is 0 Å². The van der Waals surface area contributed by atoms with Crippen LogP contribution in [0.1, 0.15) is 79.1 Å². The van der Waals surface area contributed by atoms with Crippen LogP contribution in [0.5, 0.6) is 11.5 Å². The molecule has 154 valence electrons. The van der Waals surface area contributed by atoms with Gasteiger partial charge in [0.05, 0.1) is 0 Å². The molecule has 30 heavy (non-hydrogen) atoms. The lowest BCUT2D eigenvalue weighted by Crippen LogP contribution is -2.09. The highest BCUT2D eigenvalue weighted by molar-refractivity contribution is 5.46. The molecule has 0 amide bonds. The fourth-order valence-electron chi connectivity index (χ4n) is 4.84. The molecule has 0 aromatic heterocycles. The average molecular weight is 399 g/mol. The van der Waals surface area contributed by atoms with Crippen molar-refractivity contribution in [1.82, 2.24) is 0 Å². The number of fused-ring (bicyclic) bond motifs is 2. The Bertz CT molecular complexity index is 1040. The van der Waals surface area contributed by atoms with Gasteiger partial charge in [-0.3, -0.25) is 0 Å². The molecule has 5 rings (SSSR count). The monoisotopic (exact) mass is 398 g/mol. The predicted octanol–water partition coefficient (Wildman–Crippen LogP) is 7.33. The van der Waals surface area contributed by atoms with E-state index in [1.54, 1.807) is 0 Å². The summed E-state index contributed by atoms with van der Waals surface area (Å²) in [6, 6.07) is 23.9. The zero-order valence-electron chi connectivity index (χ0n) is 17.9. The van der Waals surface area contributed by atoms with Crippen LogP contribution in [0, 0.1) is 0 Å². The van der Waals surface area contributed by atoms with E-state index in [-0.39, 0.29) is 12.2 Å². The first-order valence-corrected chi connectivity index (χ1v) is 11.4. The normalized spacial score (nSPS) is 20.5. The number of ether oxygens (including phenoxy) is 2. The molecular formula is C28H30O2. The molecule has 0 aliphatic heterocycles. The Hall–Kier alpha value is -2.74. The summed E-state index contributed by atoms with van der Waals surface area (Å²) in [5.74, 6) is 2.26. The lowest BCUT2D eigenvalue weighted by molar-refractivity contribution is 0.167. The molecule has 0 bridgehead atoms. The Morgan fingerprint density at radius 3 is 1.93 bits per heavy atom. The highest BCUT2D eigenvalue weighted by atomic mass is 16.5. The van der Waals surface area contributed by atoms with Crippen molar-refractivity contribution >= 4 is 0 Å². The Labute approximate surface area is 179 Å². The zero-order valence-corrected chi connectivity index (χ0v) is 17.9. The van der Waals surface area contributed by atoms with Gasteiger partial charge in [0.1, 0.15) is 12.2 Å². The smallest absolute Gasteiger partial charge is 0.162 e. The molecule has 0 fully saturated rings. The van der Waals surface area contributed by atoms with Gasteiger partial charge in [0.2, 0.25) is 0 Å². The summed E-state index contributed by atoms with van der Waals surface area (Å²) in [4.78, 5) is 0. The largest absolute Gasteiger partial charge is 0.482 e. The first-order chi connectivity index (χ1) is 14.7. The molecule has 2 aliphatic carbocycles. The second-order valence-electron chi connectivity index (χ2n) is 8.70. The van der Waals surface area contributed by atoms with Crippen LogP contribution in [0.2, 0.25) is 0 Å². The van der Waals surface area contributed by atoms with E-state index in [1.807, 2.05) is 0 Å². The SMILES string of the molecule is CCC(C)c1ccc(OC2CCc3ccccc32)c(OC2CCc3ccccc32)c1. The average Bonchev–Trinajstić information content (AvgIpc) is 3.39. The summed E-state index contributed by atoms with van der Waals surface area (Å²) in [7, 11) is 0. The topological polar surface area (TPSA) is 18.5 Å². The van der Waals surface area contributed by atoms with E-state index in [4.69, 9.17) is 9.47 Å². The summed E-state index contributed by atoms with van der Waals surface area (Å²) in [6.07, 6.45) is 5.54. The first kappa shape index (κ1) is 19.2. The van der Waals surface area contributed by atoms with Gasteiger partial charge in [-0.05, 0) is 78.0 Å². The van der Waals surface area contributed by atoms with E-state index < -0.39 is 0 Å². The Kier molecular flexibility index (Phi) is 5.25. The number of benzene rings is 3. The van der Waals surface area contributed by atoms with Crippen molar-refractivity contribution in [2.45, 2.75) is 64.1 Å². The van der Waals surface area contributed by atoms with Gasteiger partial charge in [-0.25, -0.2) is 0 Å². The number of hydrogen-bond acceptors (Lipinski definition) is 2. The van der Waals surface area contributed by atoms with E-state index in [1.165, 1.54) is 27.8 Å². The molecule has 3 aromatic carbocycles. The van der Waals surface area contributed by atoms with E-state index in [0.717, 1.165) is 43.6 Å². The van der Waals surface area contributed by atoms with Crippen molar-refractivity contribution < 1.29 is 9.47 Å². The fraction of sp³-hybridized carbons (Fsp3) is 0.357. The van der Waals surface area contributed by atoms with Crippen molar-refractivity contribution in [3.8, 4) is 11.5 Å². The number of hydrogen-bond donors (Lipinski definition) is 0. The maximum Gasteiger partial charge on any atom is 0.162 e. The summed E-state index contributed by atoms with van der Waals surface area (Å²) >= 11 is 0. The van der Waals surface area contributed by atoms with E-state index in [2.05, 4.69) is 80.6 Å². The van der Waals surface area contributed by atoms with Crippen molar-refractivity contribution in [3.63, 3.8) is 0 Å². The minimum atomic E-state index is 0.103. The van der Waals surface area contributed by atoms with E-state index in [0.29, 0.717) is 5.92 Å². The van der Waals surface area contributed by atoms with Crippen LogP contribution in [0.4, 0.5) is 0 Å². The summed E-state index contributed by atoms with van der Waals surface area (Å²) < 4.78 is 13.2. The van der Waals surface area contributed by atoms with Crippen LogP contribution in [-0.2, 0) is 12.8 Å². The van der Waals surface area contributed by atoms with Gasteiger partial charge in [0.15, 0.2) is 11.5 Å². The summed E-state index contributed by atoms with van der Waals surface area (Å²) in [6.45, 7) is 4.51. The van der Waals surface area contributed by atoms with Gasteiger partial charge in [-0.2, -0.15) is 0 Å². The molecule has 0 saturated heterocycles. The van der Waals surface area contributed by atoms with Crippen LogP contribution < -0.4 is 9.47 Å². The van der Waals surface area contributed by atoms with Crippen LogP contribution in [-0.4, -0.2) is 0 Å². The van der Waals surface area contributed by atoms with Crippen LogP contribution in [0.3, 0.4) is 0 Å². The maximum absolute atomic E-state index is 6.64. The molecule has 3 atom stereocenters. The third kappa shape index (κ3) is 3.60. The molecule has 2 heteroatoms. The molecule has 3 aromatic rings. The van der Waals surface area contributed by atoms with Crippen LogP contribution in [0.15, 0.2) is 66.7 Å². The predicted molar refractivity (Wildman–Crippen MR) is 121 cm³/mol. The Morgan fingerprint density at radius 2 is 1.33 bits per heavy atom. The van der Waals surface area contributed by atoms with Gasteiger partial charge < -0.3 is 9.47 Å². The Morgan fingerprint density at radius 1 is 0.767 bits per heavy atom. The van der Waals surface area contributed by atoms with E-state index >= 15 is 0 Å². The number of aryl methyl sites for hydroxylation is 2. The quantitative estimate of drug-likeness (QED) is 0.433. The highest BCUT2D eigenvalue weighted by Crippen LogP contribution is 2.43. The molecule has 0 N–H and O–H groups in total.